The van der Waals surface area contributed by atoms with Crippen molar-refractivity contribution in [1.82, 2.24) is 15.1 Å². The average Bonchev–Trinajstić information content (AvgIpc) is 3.59. The topological polar surface area (TPSA) is 100 Å². The van der Waals surface area contributed by atoms with Crippen LogP contribution in [0, 0.1) is 30.6 Å². The summed E-state index contributed by atoms with van der Waals surface area (Å²) in [7, 11) is 0. The standard InChI is InChI=1S/C32H44N4O5/c1-20-7-4-9-23(19-20)33-29(37)26-25-11-12-32(41-25)27(26)31(39)36(14-6-13-35-15-17-40-18-16-35)28(32)30(38)34-24-10-5-8-21(2)22(24)3/h4,7,9,11-12,19,21-22,24-28H,5-6,8,10,13-18H2,1-3H3,(H,33,37)(H,34,38)/t21-,22-,24+,25-,26+,27-,28-,32-/m0/s1. The Hall–Kier alpha value is -2.75. The summed E-state index contributed by atoms with van der Waals surface area (Å²) in [5, 5.41) is 6.36. The Morgan fingerprint density at radius 3 is 2.68 bits per heavy atom. The second-order valence-electron chi connectivity index (χ2n) is 12.8. The number of carbonyl (C=O) groups is 3. The van der Waals surface area contributed by atoms with E-state index in [1.54, 1.807) is 4.90 Å². The van der Waals surface area contributed by atoms with Crippen LogP contribution < -0.4 is 10.6 Å². The van der Waals surface area contributed by atoms with Crippen molar-refractivity contribution in [3.8, 4) is 0 Å². The lowest BCUT2D eigenvalue weighted by Gasteiger charge is -2.38. The van der Waals surface area contributed by atoms with Gasteiger partial charge in [0.1, 0.15) is 11.6 Å². The van der Waals surface area contributed by atoms with Crippen molar-refractivity contribution in [1.29, 1.82) is 0 Å². The van der Waals surface area contributed by atoms with Crippen LogP contribution in [0.2, 0.25) is 0 Å². The minimum atomic E-state index is -1.14. The maximum absolute atomic E-state index is 14.2. The summed E-state index contributed by atoms with van der Waals surface area (Å²) in [5.74, 6) is -1.10. The third-order valence-corrected chi connectivity index (χ3v) is 10.2. The first-order chi connectivity index (χ1) is 19.8. The molecule has 6 rings (SSSR count). The summed E-state index contributed by atoms with van der Waals surface area (Å²) in [4.78, 5) is 46.1. The van der Waals surface area contributed by atoms with Crippen LogP contribution >= 0.6 is 0 Å². The second-order valence-corrected chi connectivity index (χ2v) is 12.8. The predicted octanol–water partition coefficient (Wildman–Crippen LogP) is 2.75. The normalized spacial score (nSPS) is 36.4. The third-order valence-electron chi connectivity index (χ3n) is 10.2. The Bertz CT molecular complexity index is 1200. The van der Waals surface area contributed by atoms with E-state index in [1.807, 2.05) is 43.3 Å². The highest BCUT2D eigenvalue weighted by atomic mass is 16.5. The van der Waals surface area contributed by atoms with E-state index >= 15 is 0 Å². The van der Waals surface area contributed by atoms with Crippen LogP contribution in [-0.4, -0.2) is 90.7 Å². The fraction of sp³-hybridized carbons (Fsp3) is 0.656. The van der Waals surface area contributed by atoms with Crippen molar-refractivity contribution in [3.05, 3.63) is 42.0 Å². The van der Waals surface area contributed by atoms with Gasteiger partial charge in [0.05, 0.1) is 31.2 Å². The molecule has 4 aliphatic heterocycles. The van der Waals surface area contributed by atoms with Crippen molar-refractivity contribution >= 4 is 23.4 Å². The number of carbonyl (C=O) groups excluding carboxylic acids is 3. The van der Waals surface area contributed by atoms with Crippen LogP contribution in [0.15, 0.2) is 36.4 Å². The molecule has 9 heteroatoms. The zero-order chi connectivity index (χ0) is 28.7. The molecular weight excluding hydrogens is 520 g/mol. The molecule has 1 aromatic carbocycles. The average molecular weight is 565 g/mol. The number of amides is 3. The number of rotatable bonds is 8. The van der Waals surface area contributed by atoms with E-state index in [0.717, 1.165) is 44.5 Å². The number of likely N-dealkylation sites (tertiary alicyclic amines) is 1. The molecule has 0 radical (unpaired) electrons. The Morgan fingerprint density at radius 2 is 1.90 bits per heavy atom. The first-order valence-corrected chi connectivity index (χ1v) is 15.4. The lowest BCUT2D eigenvalue weighted by Crippen LogP contribution is -2.58. The van der Waals surface area contributed by atoms with E-state index in [0.29, 0.717) is 37.3 Å². The smallest absolute Gasteiger partial charge is 0.246 e. The zero-order valence-corrected chi connectivity index (χ0v) is 24.5. The van der Waals surface area contributed by atoms with Crippen LogP contribution in [0.3, 0.4) is 0 Å². The van der Waals surface area contributed by atoms with Crippen LogP contribution in [0.5, 0.6) is 0 Å². The molecule has 1 aromatic rings. The molecule has 3 saturated heterocycles. The van der Waals surface area contributed by atoms with Gasteiger partial charge in [-0.3, -0.25) is 19.3 Å². The Balaban J connectivity index is 1.25. The maximum atomic E-state index is 14.2. The molecule has 2 N–H and O–H groups in total. The molecule has 1 saturated carbocycles. The number of ether oxygens (including phenoxy) is 2. The number of nitrogens with one attached hydrogen (secondary N) is 2. The molecule has 8 atom stereocenters. The minimum absolute atomic E-state index is 0.0648. The monoisotopic (exact) mass is 564 g/mol. The van der Waals surface area contributed by atoms with Crippen molar-refractivity contribution in [2.24, 2.45) is 23.7 Å². The number of aryl methyl sites for hydroxylation is 1. The van der Waals surface area contributed by atoms with E-state index in [9.17, 15) is 14.4 Å². The molecule has 1 aliphatic carbocycles. The highest BCUT2D eigenvalue weighted by Gasteiger charge is 2.72. The zero-order valence-electron chi connectivity index (χ0n) is 24.5. The van der Waals surface area contributed by atoms with E-state index in [4.69, 9.17) is 9.47 Å². The minimum Gasteiger partial charge on any atom is -0.379 e. The molecule has 4 heterocycles. The number of hydrogen-bond donors (Lipinski definition) is 2. The molecule has 222 valence electrons. The third kappa shape index (κ3) is 5.21. The van der Waals surface area contributed by atoms with E-state index in [1.165, 1.54) is 6.42 Å². The highest BCUT2D eigenvalue weighted by Crippen LogP contribution is 2.55. The van der Waals surface area contributed by atoms with Gasteiger partial charge in [-0.25, -0.2) is 0 Å². The molecule has 4 fully saturated rings. The molecule has 2 bridgehead atoms. The number of morpholine rings is 1. The fourth-order valence-corrected chi connectivity index (χ4v) is 7.79. The van der Waals surface area contributed by atoms with E-state index in [-0.39, 0.29) is 23.8 Å². The van der Waals surface area contributed by atoms with Gasteiger partial charge in [0.2, 0.25) is 17.7 Å². The van der Waals surface area contributed by atoms with Gasteiger partial charge in [0, 0.05) is 37.9 Å². The van der Waals surface area contributed by atoms with Crippen molar-refractivity contribution in [3.63, 3.8) is 0 Å². The SMILES string of the molecule is Cc1cccc(NC(=O)[C@@H]2[C@@H]3C=C[C@]4(O3)[C@@H]2C(=O)N(CCCN2CCOCC2)[C@H]4C(=O)N[C@@H]2CCC[C@H](C)[C@@H]2C)c1. The van der Waals surface area contributed by atoms with Gasteiger partial charge in [0.25, 0.3) is 0 Å². The molecule has 9 nitrogen and oxygen atoms in total. The Morgan fingerprint density at radius 1 is 1.10 bits per heavy atom. The number of anilines is 1. The number of hydrogen-bond acceptors (Lipinski definition) is 6. The van der Waals surface area contributed by atoms with Crippen LogP contribution in [0.25, 0.3) is 0 Å². The predicted molar refractivity (Wildman–Crippen MR) is 155 cm³/mol. The van der Waals surface area contributed by atoms with Gasteiger partial charge in [-0.05, 0) is 49.3 Å². The summed E-state index contributed by atoms with van der Waals surface area (Å²) in [6.07, 6.45) is 7.17. The Kier molecular flexibility index (Phi) is 7.96. The van der Waals surface area contributed by atoms with Gasteiger partial charge >= 0.3 is 0 Å². The molecular formula is C32H44N4O5. The first kappa shape index (κ1) is 28.4. The summed E-state index contributed by atoms with van der Waals surface area (Å²) < 4.78 is 12.0. The molecule has 0 unspecified atom stereocenters. The maximum Gasteiger partial charge on any atom is 0.246 e. The summed E-state index contributed by atoms with van der Waals surface area (Å²) in [5.41, 5.74) is 0.594. The van der Waals surface area contributed by atoms with Gasteiger partial charge < -0.3 is 25.0 Å². The van der Waals surface area contributed by atoms with Gasteiger partial charge in [-0.1, -0.05) is 51.0 Å². The molecule has 5 aliphatic rings. The summed E-state index contributed by atoms with van der Waals surface area (Å²) in [6.45, 7) is 10.9. The number of benzene rings is 1. The second kappa shape index (κ2) is 11.5. The van der Waals surface area contributed by atoms with Gasteiger partial charge in [0.15, 0.2) is 0 Å². The van der Waals surface area contributed by atoms with Crippen molar-refractivity contribution in [2.45, 2.75) is 70.2 Å². The summed E-state index contributed by atoms with van der Waals surface area (Å²) >= 11 is 0. The van der Waals surface area contributed by atoms with Crippen molar-refractivity contribution in [2.75, 3.05) is 44.7 Å². The van der Waals surface area contributed by atoms with Crippen LogP contribution in [0.4, 0.5) is 5.69 Å². The van der Waals surface area contributed by atoms with E-state index < -0.39 is 29.6 Å². The lowest BCUT2D eigenvalue weighted by molar-refractivity contribution is -0.141. The number of fused-ring (bicyclic) bond motifs is 1. The largest absolute Gasteiger partial charge is 0.379 e. The quantitative estimate of drug-likeness (QED) is 0.471. The van der Waals surface area contributed by atoms with Crippen LogP contribution in [0.1, 0.15) is 45.1 Å². The lowest BCUT2D eigenvalue weighted by atomic mass is 9.73. The molecule has 41 heavy (non-hydrogen) atoms. The summed E-state index contributed by atoms with van der Waals surface area (Å²) in [6, 6.07) is 6.90. The molecule has 3 amide bonds. The fourth-order valence-electron chi connectivity index (χ4n) is 7.79. The van der Waals surface area contributed by atoms with Gasteiger partial charge in [-0.15, -0.1) is 0 Å². The van der Waals surface area contributed by atoms with E-state index in [2.05, 4.69) is 29.4 Å². The Labute approximate surface area is 243 Å². The van der Waals surface area contributed by atoms with Gasteiger partial charge in [-0.2, -0.15) is 0 Å². The molecule has 1 spiro atoms. The molecule has 0 aromatic heterocycles. The van der Waals surface area contributed by atoms with Crippen LogP contribution in [-0.2, 0) is 23.9 Å². The van der Waals surface area contributed by atoms with Crippen molar-refractivity contribution < 1.29 is 23.9 Å². The number of nitrogens with zero attached hydrogens (tertiary/aromatic N) is 2. The highest BCUT2D eigenvalue weighted by molar-refractivity contribution is 6.02. The first-order valence-electron chi connectivity index (χ1n) is 15.4.